The number of rotatable bonds is 6. The number of carbonyl (C=O) groups excluding carboxylic acids is 1. The van der Waals surface area contributed by atoms with E-state index in [1.54, 1.807) is 30.3 Å². The number of nitrogens with one attached hydrogen (secondary N) is 1. The summed E-state index contributed by atoms with van der Waals surface area (Å²) in [6.07, 6.45) is -3.07. The quantitative estimate of drug-likeness (QED) is 0.461. The average molecular weight is 409 g/mol. The van der Waals surface area contributed by atoms with Crippen LogP contribution < -0.4 is 5.32 Å². The summed E-state index contributed by atoms with van der Waals surface area (Å²) in [6, 6.07) is 13.8. The third-order valence-corrected chi connectivity index (χ3v) is 4.68. The fourth-order valence-corrected chi connectivity index (χ4v) is 3.28. The minimum Gasteiger partial charge on any atom is -0.325 e. The highest BCUT2D eigenvalue weighted by Gasteiger charge is 2.31. The molecule has 0 unspecified atom stereocenters. The first kappa shape index (κ1) is 19.9. The lowest BCUT2D eigenvalue weighted by Crippen LogP contribution is -2.20. The number of halogens is 4. The lowest BCUT2D eigenvalue weighted by atomic mass is 10.2. The second-order valence-corrected chi connectivity index (χ2v) is 6.78. The minimum absolute atomic E-state index is 0.0884. The highest BCUT2D eigenvalue weighted by molar-refractivity contribution is 7.99. The summed E-state index contributed by atoms with van der Waals surface area (Å²) in [5, 5.41) is 2.65. The molecule has 1 aromatic heterocycles. The molecule has 9 heteroatoms. The van der Waals surface area contributed by atoms with Crippen LogP contribution in [0.4, 0.5) is 23.2 Å². The topological polar surface area (TPSA) is 46.9 Å². The first-order valence-corrected chi connectivity index (χ1v) is 9.16. The minimum atomic E-state index is -4.43. The Balaban J connectivity index is 1.75. The monoisotopic (exact) mass is 409 g/mol. The number of benzene rings is 2. The van der Waals surface area contributed by atoms with Gasteiger partial charge in [0.2, 0.25) is 5.91 Å². The van der Waals surface area contributed by atoms with E-state index in [-0.39, 0.29) is 10.9 Å². The zero-order valence-electron chi connectivity index (χ0n) is 14.4. The molecule has 0 aliphatic carbocycles. The number of aromatic nitrogens is 2. The van der Waals surface area contributed by atoms with Gasteiger partial charge < -0.3 is 9.88 Å². The van der Waals surface area contributed by atoms with Crippen molar-refractivity contribution in [1.82, 2.24) is 9.55 Å². The van der Waals surface area contributed by atoms with Gasteiger partial charge in [-0.1, -0.05) is 42.1 Å². The normalized spacial score (nSPS) is 11.4. The van der Waals surface area contributed by atoms with Crippen molar-refractivity contribution in [2.75, 3.05) is 11.1 Å². The maximum atomic E-state index is 13.0. The SMILES string of the molecule is O=C(CSc1ncc(-c2ccccc2)n1CC(F)(F)F)Nc1ccc(F)cc1. The number of nitrogens with zero attached hydrogens (tertiary/aromatic N) is 2. The van der Waals surface area contributed by atoms with Gasteiger partial charge in [0.25, 0.3) is 0 Å². The second kappa shape index (κ2) is 8.47. The molecule has 2 aromatic carbocycles. The highest BCUT2D eigenvalue weighted by Crippen LogP contribution is 2.30. The van der Waals surface area contributed by atoms with E-state index in [1.807, 2.05) is 0 Å². The van der Waals surface area contributed by atoms with E-state index < -0.39 is 24.4 Å². The molecule has 146 valence electrons. The Morgan fingerprint density at radius 3 is 2.39 bits per heavy atom. The number of alkyl halides is 3. The number of anilines is 1. The molecule has 4 nitrogen and oxygen atoms in total. The zero-order chi connectivity index (χ0) is 20.1. The Hall–Kier alpha value is -2.81. The summed E-state index contributed by atoms with van der Waals surface area (Å²) in [4.78, 5) is 16.1. The molecule has 3 aromatic rings. The molecule has 0 fully saturated rings. The molecule has 0 aliphatic heterocycles. The third kappa shape index (κ3) is 5.35. The Bertz CT molecular complexity index is 940. The number of carbonyl (C=O) groups is 1. The van der Waals surface area contributed by atoms with Crippen LogP contribution in [0, 0.1) is 5.82 Å². The number of imidazole rings is 1. The van der Waals surface area contributed by atoms with Gasteiger partial charge in [-0.15, -0.1) is 0 Å². The molecule has 0 radical (unpaired) electrons. The Labute approximate surface area is 162 Å². The van der Waals surface area contributed by atoms with Crippen molar-refractivity contribution in [3.05, 3.63) is 66.6 Å². The lowest BCUT2D eigenvalue weighted by molar-refractivity contribution is -0.141. The summed E-state index contributed by atoms with van der Waals surface area (Å²) in [5.41, 5.74) is 1.32. The van der Waals surface area contributed by atoms with E-state index in [1.165, 1.54) is 30.5 Å². The Kier molecular flexibility index (Phi) is 6.03. The molecule has 0 bridgehead atoms. The van der Waals surface area contributed by atoms with Gasteiger partial charge in [0.15, 0.2) is 5.16 Å². The predicted molar refractivity (Wildman–Crippen MR) is 99.5 cm³/mol. The van der Waals surface area contributed by atoms with Crippen molar-refractivity contribution in [1.29, 1.82) is 0 Å². The molecule has 1 heterocycles. The molecule has 0 spiro atoms. The number of amides is 1. The summed E-state index contributed by atoms with van der Waals surface area (Å²) in [5.74, 6) is -1.00. The van der Waals surface area contributed by atoms with E-state index in [9.17, 15) is 22.4 Å². The summed E-state index contributed by atoms with van der Waals surface area (Å²) < 4.78 is 53.1. The molecule has 3 rings (SSSR count). The van der Waals surface area contributed by atoms with Gasteiger partial charge in [-0.3, -0.25) is 4.79 Å². The van der Waals surface area contributed by atoms with Gasteiger partial charge in [0.1, 0.15) is 12.4 Å². The summed E-state index contributed by atoms with van der Waals surface area (Å²) in [7, 11) is 0. The molecule has 1 amide bonds. The number of hydrogen-bond donors (Lipinski definition) is 1. The van der Waals surface area contributed by atoms with Gasteiger partial charge >= 0.3 is 6.18 Å². The molecule has 0 saturated carbocycles. The number of hydrogen-bond acceptors (Lipinski definition) is 3. The fourth-order valence-electron chi connectivity index (χ4n) is 2.51. The van der Waals surface area contributed by atoms with Crippen LogP contribution in [0.2, 0.25) is 0 Å². The standard InChI is InChI=1S/C19H15F4N3OS/c20-14-6-8-15(9-7-14)25-17(27)11-28-18-24-10-16(13-4-2-1-3-5-13)26(18)12-19(21,22)23/h1-10H,11-12H2,(H,25,27). The van der Waals surface area contributed by atoms with Gasteiger partial charge in [-0.25, -0.2) is 9.37 Å². The van der Waals surface area contributed by atoms with Crippen LogP contribution in [0.3, 0.4) is 0 Å². The maximum Gasteiger partial charge on any atom is 0.406 e. The second-order valence-electron chi connectivity index (χ2n) is 5.84. The van der Waals surface area contributed by atoms with Crippen molar-refractivity contribution < 1.29 is 22.4 Å². The molecular weight excluding hydrogens is 394 g/mol. The van der Waals surface area contributed by atoms with E-state index in [2.05, 4.69) is 10.3 Å². The van der Waals surface area contributed by atoms with Crippen LogP contribution in [0.1, 0.15) is 0 Å². The van der Waals surface area contributed by atoms with Gasteiger partial charge in [0, 0.05) is 5.69 Å². The molecule has 28 heavy (non-hydrogen) atoms. The van der Waals surface area contributed by atoms with Crippen LogP contribution in [0.5, 0.6) is 0 Å². The van der Waals surface area contributed by atoms with Gasteiger partial charge in [-0.05, 0) is 29.8 Å². The van der Waals surface area contributed by atoms with Crippen LogP contribution >= 0.6 is 11.8 Å². The van der Waals surface area contributed by atoms with Crippen LogP contribution in [0.25, 0.3) is 11.3 Å². The number of thioether (sulfide) groups is 1. The predicted octanol–water partition coefficient (Wildman–Crippen LogP) is 4.98. The van der Waals surface area contributed by atoms with Crippen LogP contribution in [0.15, 0.2) is 66.0 Å². The van der Waals surface area contributed by atoms with Crippen molar-refractivity contribution >= 4 is 23.4 Å². The van der Waals surface area contributed by atoms with Gasteiger partial charge in [-0.2, -0.15) is 13.2 Å². The smallest absolute Gasteiger partial charge is 0.325 e. The van der Waals surface area contributed by atoms with Crippen molar-refractivity contribution in [2.24, 2.45) is 0 Å². The third-order valence-electron chi connectivity index (χ3n) is 3.69. The Morgan fingerprint density at radius 1 is 1.07 bits per heavy atom. The summed E-state index contributed by atoms with van der Waals surface area (Å²) >= 11 is 0.899. The largest absolute Gasteiger partial charge is 0.406 e. The van der Waals surface area contributed by atoms with E-state index >= 15 is 0 Å². The average Bonchev–Trinajstić information content (AvgIpc) is 3.03. The van der Waals surface area contributed by atoms with Gasteiger partial charge in [0.05, 0.1) is 17.6 Å². The Morgan fingerprint density at radius 2 is 1.75 bits per heavy atom. The van der Waals surface area contributed by atoms with Crippen molar-refractivity contribution in [2.45, 2.75) is 17.9 Å². The van der Waals surface area contributed by atoms with Crippen molar-refractivity contribution in [3.63, 3.8) is 0 Å². The maximum absolute atomic E-state index is 13.0. The molecule has 0 aliphatic rings. The van der Waals surface area contributed by atoms with E-state index in [0.717, 1.165) is 16.3 Å². The molecule has 0 atom stereocenters. The molecule has 0 saturated heterocycles. The molecule has 1 N–H and O–H groups in total. The lowest BCUT2D eigenvalue weighted by Gasteiger charge is -2.14. The molecular formula is C19H15F4N3OS. The fraction of sp³-hybridized carbons (Fsp3) is 0.158. The van der Waals surface area contributed by atoms with Crippen LogP contribution in [-0.4, -0.2) is 27.4 Å². The highest BCUT2D eigenvalue weighted by atomic mass is 32.2. The first-order chi connectivity index (χ1) is 13.3. The zero-order valence-corrected chi connectivity index (χ0v) is 15.2. The van der Waals surface area contributed by atoms with Crippen molar-refractivity contribution in [3.8, 4) is 11.3 Å². The first-order valence-electron chi connectivity index (χ1n) is 8.18. The van der Waals surface area contributed by atoms with E-state index in [4.69, 9.17) is 0 Å². The van der Waals surface area contributed by atoms with E-state index in [0.29, 0.717) is 16.9 Å². The van der Waals surface area contributed by atoms with Crippen LogP contribution in [-0.2, 0) is 11.3 Å². The summed E-state index contributed by atoms with van der Waals surface area (Å²) in [6.45, 7) is -1.21.